The van der Waals surface area contributed by atoms with Gasteiger partial charge in [0.05, 0.1) is 24.3 Å². The van der Waals surface area contributed by atoms with Gasteiger partial charge in [-0.3, -0.25) is 9.69 Å². The summed E-state index contributed by atoms with van der Waals surface area (Å²) in [4.78, 5) is 15.1. The molecule has 1 heterocycles. The van der Waals surface area contributed by atoms with Crippen molar-refractivity contribution in [3.8, 4) is 0 Å². The van der Waals surface area contributed by atoms with E-state index in [0.29, 0.717) is 26.3 Å². The van der Waals surface area contributed by atoms with Crippen LogP contribution >= 0.6 is 0 Å². The summed E-state index contributed by atoms with van der Waals surface area (Å²) in [6.07, 6.45) is 3.41. The van der Waals surface area contributed by atoms with E-state index in [0.717, 1.165) is 37.8 Å². The molecule has 1 aliphatic carbocycles. The van der Waals surface area contributed by atoms with Crippen LogP contribution in [0.2, 0.25) is 0 Å². The minimum atomic E-state index is -0.764. The summed E-state index contributed by atoms with van der Waals surface area (Å²) < 4.78 is 32.4. The molecule has 21 heavy (non-hydrogen) atoms. The van der Waals surface area contributed by atoms with E-state index in [9.17, 15) is 13.6 Å². The lowest BCUT2D eigenvalue weighted by Crippen LogP contribution is -2.56. The Hall–Kier alpha value is -1.33. The fraction of sp³-hybridized carbons (Fsp3) is 0.562. The van der Waals surface area contributed by atoms with E-state index in [-0.39, 0.29) is 11.3 Å². The van der Waals surface area contributed by atoms with Crippen molar-refractivity contribution in [2.75, 3.05) is 26.3 Å². The van der Waals surface area contributed by atoms with Gasteiger partial charge < -0.3 is 4.74 Å². The van der Waals surface area contributed by atoms with Crippen LogP contribution in [-0.4, -0.2) is 42.5 Å². The Morgan fingerprint density at radius 3 is 2.43 bits per heavy atom. The average Bonchev–Trinajstić information content (AvgIpc) is 2.98. The number of nitrogens with zero attached hydrogens (tertiary/aromatic N) is 1. The summed E-state index contributed by atoms with van der Waals surface area (Å²) in [5.74, 6) is -1.63. The van der Waals surface area contributed by atoms with E-state index in [1.165, 1.54) is 6.07 Å². The monoisotopic (exact) mass is 295 g/mol. The number of benzene rings is 1. The van der Waals surface area contributed by atoms with Crippen molar-refractivity contribution in [1.29, 1.82) is 0 Å². The molecule has 3 nitrogen and oxygen atoms in total. The molecule has 5 heteroatoms. The number of ether oxygens (including phenoxy) is 1. The van der Waals surface area contributed by atoms with Crippen molar-refractivity contribution in [1.82, 2.24) is 4.90 Å². The van der Waals surface area contributed by atoms with Crippen molar-refractivity contribution in [3.05, 3.63) is 35.4 Å². The second-order valence-corrected chi connectivity index (χ2v) is 5.79. The third kappa shape index (κ3) is 2.60. The summed E-state index contributed by atoms with van der Waals surface area (Å²) in [6.45, 7) is 2.57. The molecule has 0 N–H and O–H groups in total. The van der Waals surface area contributed by atoms with Crippen molar-refractivity contribution < 1.29 is 18.3 Å². The summed E-state index contributed by atoms with van der Waals surface area (Å²) in [7, 11) is 0. The Balaban J connectivity index is 1.94. The Morgan fingerprint density at radius 2 is 1.81 bits per heavy atom. The molecule has 1 aromatic carbocycles. The van der Waals surface area contributed by atoms with Crippen molar-refractivity contribution in [2.24, 2.45) is 0 Å². The maximum Gasteiger partial charge on any atom is 0.186 e. The summed E-state index contributed by atoms with van der Waals surface area (Å²) in [5.41, 5.74) is -0.632. The molecule has 0 amide bonds. The molecule has 0 bridgehead atoms. The van der Waals surface area contributed by atoms with E-state index in [4.69, 9.17) is 4.74 Å². The lowest BCUT2D eigenvalue weighted by Gasteiger charge is -2.42. The molecule has 0 aromatic heterocycles. The number of carbonyl (C=O) groups excluding carboxylic acids is 1. The smallest absolute Gasteiger partial charge is 0.186 e. The molecule has 1 saturated heterocycles. The molecule has 3 rings (SSSR count). The van der Waals surface area contributed by atoms with Crippen LogP contribution in [0.25, 0.3) is 0 Å². The molecule has 2 fully saturated rings. The lowest BCUT2D eigenvalue weighted by atomic mass is 9.85. The second kappa shape index (κ2) is 5.81. The number of morpholine rings is 1. The molecular formula is C16H19F2NO2. The third-order valence-electron chi connectivity index (χ3n) is 4.65. The van der Waals surface area contributed by atoms with Gasteiger partial charge in [-0.15, -0.1) is 0 Å². The second-order valence-electron chi connectivity index (χ2n) is 5.79. The predicted octanol–water partition coefficient (Wildman–Crippen LogP) is 2.79. The maximum atomic E-state index is 14.0. The molecule has 2 aliphatic rings. The first kappa shape index (κ1) is 14.6. The minimum Gasteiger partial charge on any atom is -0.379 e. The first-order valence-corrected chi connectivity index (χ1v) is 7.46. The Morgan fingerprint density at radius 1 is 1.14 bits per heavy atom. The van der Waals surface area contributed by atoms with Crippen LogP contribution in [0.5, 0.6) is 0 Å². The number of halogens is 2. The fourth-order valence-corrected chi connectivity index (χ4v) is 3.56. The molecule has 0 unspecified atom stereocenters. The van der Waals surface area contributed by atoms with E-state index >= 15 is 0 Å². The van der Waals surface area contributed by atoms with E-state index in [1.54, 1.807) is 0 Å². The number of carbonyl (C=O) groups is 1. The zero-order valence-electron chi connectivity index (χ0n) is 11.9. The van der Waals surface area contributed by atoms with Gasteiger partial charge in [-0.1, -0.05) is 12.8 Å². The third-order valence-corrected chi connectivity index (χ3v) is 4.65. The van der Waals surface area contributed by atoms with Crippen LogP contribution in [0.15, 0.2) is 18.2 Å². The standard InChI is InChI=1S/C16H19F2NO2/c17-12-3-4-13(14(18)11-12)15(20)16(5-1-2-6-16)19-7-9-21-10-8-19/h3-4,11H,1-2,5-10H2. The van der Waals surface area contributed by atoms with Crippen LogP contribution in [-0.2, 0) is 4.74 Å². The number of ketones is 1. The van der Waals surface area contributed by atoms with Crippen LogP contribution in [0.4, 0.5) is 8.78 Å². The molecule has 1 aromatic rings. The number of hydrogen-bond donors (Lipinski definition) is 0. The van der Waals surface area contributed by atoms with Crippen LogP contribution in [0, 0.1) is 11.6 Å². The van der Waals surface area contributed by atoms with Gasteiger partial charge >= 0.3 is 0 Å². The van der Waals surface area contributed by atoms with Crippen LogP contribution in [0.1, 0.15) is 36.0 Å². The number of Topliss-reactive ketones (excluding diaryl/α,β-unsaturated/α-hetero) is 1. The highest BCUT2D eigenvalue weighted by atomic mass is 19.1. The minimum absolute atomic E-state index is 0.00444. The van der Waals surface area contributed by atoms with Crippen LogP contribution < -0.4 is 0 Å². The molecular weight excluding hydrogens is 276 g/mol. The van der Waals surface area contributed by atoms with Gasteiger partial charge in [0.25, 0.3) is 0 Å². The molecule has 0 spiro atoms. The van der Waals surface area contributed by atoms with Gasteiger partial charge in [0, 0.05) is 19.2 Å². The molecule has 1 aliphatic heterocycles. The zero-order chi connectivity index (χ0) is 14.9. The fourth-order valence-electron chi connectivity index (χ4n) is 3.56. The molecule has 0 radical (unpaired) electrons. The quantitative estimate of drug-likeness (QED) is 0.803. The number of rotatable bonds is 3. The van der Waals surface area contributed by atoms with Gasteiger partial charge in [0.15, 0.2) is 5.78 Å². The van der Waals surface area contributed by atoms with Gasteiger partial charge in [-0.2, -0.15) is 0 Å². The Labute approximate surface area is 122 Å². The van der Waals surface area contributed by atoms with Crippen molar-refractivity contribution >= 4 is 5.78 Å². The van der Waals surface area contributed by atoms with Crippen LogP contribution in [0.3, 0.4) is 0 Å². The summed E-state index contributed by atoms with van der Waals surface area (Å²) in [6, 6.07) is 3.21. The first-order valence-electron chi connectivity index (χ1n) is 7.46. The normalized spacial score (nSPS) is 22.4. The highest BCUT2D eigenvalue weighted by molar-refractivity contribution is 6.03. The predicted molar refractivity (Wildman–Crippen MR) is 74.3 cm³/mol. The first-order chi connectivity index (χ1) is 10.1. The van der Waals surface area contributed by atoms with Gasteiger partial charge in [0.2, 0.25) is 0 Å². The van der Waals surface area contributed by atoms with Gasteiger partial charge in [-0.05, 0) is 25.0 Å². The Bertz CT molecular complexity index is 535. The molecule has 114 valence electrons. The largest absolute Gasteiger partial charge is 0.379 e. The van der Waals surface area contributed by atoms with Crippen molar-refractivity contribution in [3.63, 3.8) is 0 Å². The van der Waals surface area contributed by atoms with Crippen molar-refractivity contribution in [2.45, 2.75) is 31.2 Å². The highest BCUT2D eigenvalue weighted by Gasteiger charge is 2.47. The number of hydrogen-bond acceptors (Lipinski definition) is 3. The maximum absolute atomic E-state index is 14.0. The lowest BCUT2D eigenvalue weighted by molar-refractivity contribution is -0.0131. The molecule has 0 atom stereocenters. The summed E-state index contributed by atoms with van der Waals surface area (Å²) in [5, 5.41) is 0. The SMILES string of the molecule is O=C(c1ccc(F)cc1F)C1(N2CCOCC2)CCCC1. The van der Waals surface area contributed by atoms with Gasteiger partial charge in [-0.25, -0.2) is 8.78 Å². The average molecular weight is 295 g/mol. The van der Waals surface area contributed by atoms with Gasteiger partial charge in [0.1, 0.15) is 11.6 Å². The topological polar surface area (TPSA) is 29.5 Å². The highest BCUT2D eigenvalue weighted by Crippen LogP contribution is 2.39. The Kier molecular flexibility index (Phi) is 4.04. The summed E-state index contributed by atoms with van der Waals surface area (Å²) >= 11 is 0. The zero-order valence-corrected chi connectivity index (χ0v) is 11.9. The van der Waals surface area contributed by atoms with E-state index in [2.05, 4.69) is 4.90 Å². The van der Waals surface area contributed by atoms with E-state index in [1.807, 2.05) is 0 Å². The van der Waals surface area contributed by atoms with E-state index < -0.39 is 17.2 Å². The molecule has 1 saturated carbocycles.